The van der Waals surface area contributed by atoms with Gasteiger partial charge >= 0.3 is 11.9 Å². The second-order valence-corrected chi connectivity index (χ2v) is 4.31. The third-order valence-electron chi connectivity index (χ3n) is 2.93. The van der Waals surface area contributed by atoms with Crippen LogP contribution in [0.25, 0.3) is 0 Å². The van der Waals surface area contributed by atoms with Gasteiger partial charge in [-0.2, -0.15) is 0 Å². The molecule has 0 aliphatic rings. The molecule has 1 aromatic carbocycles. The molecular formula is C16H21NO3. The Morgan fingerprint density at radius 1 is 1.20 bits per heavy atom. The monoisotopic (exact) mass is 275 g/mol. The summed E-state index contributed by atoms with van der Waals surface area (Å²) < 4.78 is 4.63. The van der Waals surface area contributed by atoms with Gasteiger partial charge < -0.3 is 10.1 Å². The van der Waals surface area contributed by atoms with E-state index in [4.69, 9.17) is 0 Å². The van der Waals surface area contributed by atoms with Crippen molar-refractivity contribution in [3.8, 4) is 0 Å². The molecule has 0 heterocycles. The summed E-state index contributed by atoms with van der Waals surface area (Å²) in [5, 5.41) is 3.08. The Hall–Kier alpha value is -2.10. The van der Waals surface area contributed by atoms with Crippen LogP contribution in [0.3, 0.4) is 0 Å². The van der Waals surface area contributed by atoms with E-state index in [0.717, 1.165) is 29.7 Å². The van der Waals surface area contributed by atoms with Crippen molar-refractivity contribution < 1.29 is 14.3 Å². The SMILES string of the molecule is C/C=C/C(=O)OC(=O)CNc1c(CC)cccc1CC. The highest BCUT2D eigenvalue weighted by molar-refractivity contribution is 5.93. The quantitative estimate of drug-likeness (QED) is 0.493. The molecule has 0 saturated heterocycles. The predicted molar refractivity (Wildman–Crippen MR) is 79.6 cm³/mol. The number of para-hydroxylation sites is 1. The second kappa shape index (κ2) is 8.15. The molecule has 0 radical (unpaired) electrons. The number of carbonyl (C=O) groups excluding carboxylic acids is 2. The van der Waals surface area contributed by atoms with Crippen molar-refractivity contribution in [1.29, 1.82) is 0 Å². The minimum atomic E-state index is -0.640. The molecule has 4 nitrogen and oxygen atoms in total. The molecule has 0 aliphatic carbocycles. The van der Waals surface area contributed by atoms with Crippen LogP contribution in [0.5, 0.6) is 0 Å². The van der Waals surface area contributed by atoms with Crippen molar-refractivity contribution in [1.82, 2.24) is 0 Å². The van der Waals surface area contributed by atoms with E-state index in [1.807, 2.05) is 18.2 Å². The Labute approximate surface area is 119 Å². The number of ether oxygens (including phenoxy) is 1. The summed E-state index contributed by atoms with van der Waals surface area (Å²) in [6.07, 6.45) is 4.51. The molecule has 1 rings (SSSR count). The van der Waals surface area contributed by atoms with Crippen LogP contribution in [0.15, 0.2) is 30.4 Å². The van der Waals surface area contributed by atoms with Gasteiger partial charge in [0.1, 0.15) is 6.54 Å². The molecule has 0 aromatic heterocycles. The normalized spacial score (nSPS) is 10.6. The van der Waals surface area contributed by atoms with Crippen LogP contribution in [-0.2, 0) is 27.2 Å². The first-order valence-corrected chi connectivity index (χ1v) is 6.84. The minimum absolute atomic E-state index is 0.0205. The first kappa shape index (κ1) is 16.0. The van der Waals surface area contributed by atoms with Crippen molar-refractivity contribution in [2.45, 2.75) is 33.6 Å². The molecule has 0 atom stereocenters. The smallest absolute Gasteiger partial charge is 0.338 e. The predicted octanol–water partition coefficient (Wildman–Crippen LogP) is 2.87. The number of carbonyl (C=O) groups is 2. The molecule has 0 amide bonds. The summed E-state index contributed by atoms with van der Waals surface area (Å²) in [7, 11) is 0. The third-order valence-corrected chi connectivity index (χ3v) is 2.93. The average Bonchev–Trinajstić information content (AvgIpc) is 2.44. The summed E-state index contributed by atoms with van der Waals surface area (Å²) in [6.45, 7) is 5.80. The van der Waals surface area contributed by atoms with Crippen LogP contribution in [0.2, 0.25) is 0 Å². The van der Waals surface area contributed by atoms with Crippen LogP contribution >= 0.6 is 0 Å². The lowest BCUT2D eigenvalue weighted by atomic mass is 10.0. The van der Waals surface area contributed by atoms with Crippen molar-refractivity contribution >= 4 is 17.6 Å². The van der Waals surface area contributed by atoms with Crippen molar-refractivity contribution in [3.05, 3.63) is 41.5 Å². The maximum atomic E-state index is 11.6. The van der Waals surface area contributed by atoms with Crippen LogP contribution in [0, 0.1) is 0 Å². The summed E-state index contributed by atoms with van der Waals surface area (Å²) in [5.74, 6) is -1.22. The molecule has 0 saturated carbocycles. The molecular weight excluding hydrogens is 254 g/mol. The Bertz CT molecular complexity index is 484. The first-order chi connectivity index (χ1) is 9.62. The average molecular weight is 275 g/mol. The first-order valence-electron chi connectivity index (χ1n) is 6.84. The molecule has 0 bridgehead atoms. The number of rotatable bonds is 6. The Morgan fingerprint density at radius 2 is 1.80 bits per heavy atom. The van der Waals surface area contributed by atoms with Crippen LogP contribution in [0.4, 0.5) is 5.69 Å². The van der Waals surface area contributed by atoms with Gasteiger partial charge in [-0.05, 0) is 30.9 Å². The Morgan fingerprint density at radius 3 is 2.30 bits per heavy atom. The number of allylic oxidation sites excluding steroid dienone is 1. The maximum absolute atomic E-state index is 11.6. The van der Waals surface area contributed by atoms with Gasteiger partial charge in [0.2, 0.25) is 0 Å². The van der Waals surface area contributed by atoms with Gasteiger partial charge in [-0.15, -0.1) is 0 Å². The number of hydrogen-bond donors (Lipinski definition) is 1. The maximum Gasteiger partial charge on any atom is 0.338 e. The molecule has 4 heteroatoms. The molecule has 0 fully saturated rings. The van der Waals surface area contributed by atoms with Crippen LogP contribution in [-0.4, -0.2) is 18.5 Å². The van der Waals surface area contributed by atoms with E-state index < -0.39 is 11.9 Å². The number of aryl methyl sites for hydroxylation is 2. The fourth-order valence-electron chi connectivity index (χ4n) is 1.95. The van der Waals surface area contributed by atoms with E-state index in [1.54, 1.807) is 6.92 Å². The van der Waals surface area contributed by atoms with Gasteiger partial charge in [0.15, 0.2) is 0 Å². The molecule has 108 valence electrons. The highest BCUT2D eigenvalue weighted by atomic mass is 16.6. The van der Waals surface area contributed by atoms with E-state index >= 15 is 0 Å². The van der Waals surface area contributed by atoms with Gasteiger partial charge in [0.05, 0.1) is 0 Å². The number of hydrogen-bond acceptors (Lipinski definition) is 4. The highest BCUT2D eigenvalue weighted by Gasteiger charge is 2.10. The fourth-order valence-corrected chi connectivity index (χ4v) is 1.95. The zero-order valence-electron chi connectivity index (χ0n) is 12.2. The van der Waals surface area contributed by atoms with Gasteiger partial charge in [-0.1, -0.05) is 38.1 Å². The Kier molecular flexibility index (Phi) is 6.50. The lowest BCUT2D eigenvalue weighted by Gasteiger charge is -2.14. The molecule has 0 aliphatic heterocycles. The van der Waals surface area contributed by atoms with E-state index in [9.17, 15) is 9.59 Å². The highest BCUT2D eigenvalue weighted by Crippen LogP contribution is 2.22. The van der Waals surface area contributed by atoms with Gasteiger partial charge in [-0.3, -0.25) is 0 Å². The lowest BCUT2D eigenvalue weighted by molar-refractivity contribution is -0.154. The summed E-state index contributed by atoms with van der Waals surface area (Å²) in [5.41, 5.74) is 3.27. The number of esters is 2. The molecule has 1 aromatic rings. The molecule has 20 heavy (non-hydrogen) atoms. The van der Waals surface area contributed by atoms with E-state index in [0.29, 0.717) is 0 Å². The van der Waals surface area contributed by atoms with Crippen molar-refractivity contribution in [3.63, 3.8) is 0 Å². The standard InChI is InChI=1S/C16H21NO3/c1-4-8-14(18)20-15(19)11-17-16-12(5-2)9-7-10-13(16)6-3/h4,7-10,17H,5-6,11H2,1-3H3/b8-4+. The van der Waals surface area contributed by atoms with E-state index in [2.05, 4.69) is 23.9 Å². The summed E-state index contributed by atoms with van der Waals surface area (Å²) >= 11 is 0. The largest absolute Gasteiger partial charge is 0.389 e. The minimum Gasteiger partial charge on any atom is -0.389 e. The van der Waals surface area contributed by atoms with Crippen LogP contribution in [0.1, 0.15) is 31.9 Å². The number of benzene rings is 1. The molecule has 0 spiro atoms. The van der Waals surface area contributed by atoms with Gasteiger partial charge in [0, 0.05) is 11.8 Å². The van der Waals surface area contributed by atoms with Gasteiger partial charge in [-0.25, -0.2) is 9.59 Å². The topological polar surface area (TPSA) is 55.4 Å². The summed E-state index contributed by atoms with van der Waals surface area (Å²) in [6, 6.07) is 6.06. The second-order valence-electron chi connectivity index (χ2n) is 4.31. The molecule has 0 unspecified atom stereocenters. The van der Waals surface area contributed by atoms with Gasteiger partial charge in [0.25, 0.3) is 0 Å². The molecule has 1 N–H and O–H groups in total. The lowest BCUT2D eigenvalue weighted by Crippen LogP contribution is -2.20. The third kappa shape index (κ3) is 4.53. The van der Waals surface area contributed by atoms with Crippen molar-refractivity contribution in [2.24, 2.45) is 0 Å². The zero-order valence-corrected chi connectivity index (χ0v) is 12.2. The van der Waals surface area contributed by atoms with Crippen molar-refractivity contribution in [2.75, 3.05) is 11.9 Å². The summed E-state index contributed by atoms with van der Waals surface area (Å²) in [4.78, 5) is 22.7. The van der Waals surface area contributed by atoms with Crippen LogP contribution < -0.4 is 5.32 Å². The zero-order chi connectivity index (χ0) is 15.0. The Balaban J connectivity index is 2.69. The number of nitrogens with one attached hydrogen (secondary N) is 1. The fraction of sp³-hybridized carbons (Fsp3) is 0.375. The van der Waals surface area contributed by atoms with E-state index in [1.165, 1.54) is 12.2 Å². The number of anilines is 1. The van der Waals surface area contributed by atoms with E-state index in [-0.39, 0.29) is 6.54 Å².